The van der Waals surface area contributed by atoms with Crippen LogP contribution >= 0.6 is 39.9 Å². The number of methoxy groups -OCH3 is 1. The second kappa shape index (κ2) is 11.2. The van der Waals surface area contributed by atoms with Crippen LogP contribution in [0.15, 0.2) is 82.2 Å². The van der Waals surface area contributed by atoms with Gasteiger partial charge in [-0.2, -0.15) is 0 Å². The number of hydrogen-bond acceptors (Lipinski definition) is 6. The number of rotatable bonds is 7. The van der Waals surface area contributed by atoms with Crippen molar-refractivity contribution in [2.24, 2.45) is 0 Å². The van der Waals surface area contributed by atoms with Gasteiger partial charge in [0, 0.05) is 10.0 Å². The first kappa shape index (κ1) is 25.2. The van der Waals surface area contributed by atoms with Crippen LogP contribution in [0.3, 0.4) is 0 Å². The van der Waals surface area contributed by atoms with Crippen molar-refractivity contribution in [3.8, 4) is 5.75 Å². The van der Waals surface area contributed by atoms with Crippen molar-refractivity contribution in [2.75, 3.05) is 7.11 Å². The predicted octanol–water partition coefficient (Wildman–Crippen LogP) is 6.45. The van der Waals surface area contributed by atoms with Crippen LogP contribution in [0.2, 0.25) is 0 Å². The van der Waals surface area contributed by atoms with Crippen molar-refractivity contribution in [3.05, 3.63) is 104 Å². The number of thiocarbonyl (C=S) groups is 1. The number of hydrogen-bond donors (Lipinski definition) is 0. The van der Waals surface area contributed by atoms with E-state index >= 15 is 0 Å². The van der Waals surface area contributed by atoms with Gasteiger partial charge in [0.1, 0.15) is 16.7 Å². The summed E-state index contributed by atoms with van der Waals surface area (Å²) in [6.45, 7) is 2.44. The fraction of sp³-hybridized carbons (Fsp3) is 0.148. The largest absolute Gasteiger partial charge is 0.488 e. The van der Waals surface area contributed by atoms with Crippen molar-refractivity contribution in [3.63, 3.8) is 0 Å². The first-order valence-corrected chi connectivity index (χ1v) is 12.8. The third-order valence-corrected chi connectivity index (χ3v) is 7.35. The van der Waals surface area contributed by atoms with E-state index in [9.17, 15) is 9.59 Å². The molecule has 1 heterocycles. The Hall–Kier alpha value is -2.94. The Bertz CT molecular complexity index is 1310. The molecule has 1 saturated heterocycles. The molecule has 0 aromatic heterocycles. The molecule has 4 rings (SSSR count). The molecule has 3 aromatic rings. The molecule has 0 N–H and O–H groups in total. The number of amides is 1. The van der Waals surface area contributed by atoms with Crippen LogP contribution in [-0.2, 0) is 20.9 Å². The van der Waals surface area contributed by atoms with Crippen LogP contribution in [-0.4, -0.2) is 28.2 Å². The Balaban J connectivity index is 1.65. The highest BCUT2D eigenvalue weighted by molar-refractivity contribution is 9.10. The van der Waals surface area contributed by atoms with Crippen molar-refractivity contribution >= 4 is 62.2 Å². The summed E-state index contributed by atoms with van der Waals surface area (Å²) in [5.74, 6) is -0.281. The number of thioether (sulfide) groups is 1. The summed E-state index contributed by atoms with van der Waals surface area (Å²) >= 11 is 10.2. The average molecular weight is 569 g/mol. The molecule has 1 aliphatic rings. The third-order valence-electron chi connectivity index (χ3n) is 5.52. The van der Waals surface area contributed by atoms with Gasteiger partial charge in [-0.3, -0.25) is 9.69 Å². The van der Waals surface area contributed by atoms with E-state index in [1.807, 2.05) is 55.5 Å². The number of aryl methyl sites for hydroxylation is 1. The molecule has 0 radical (unpaired) electrons. The Morgan fingerprint density at radius 2 is 1.83 bits per heavy atom. The van der Waals surface area contributed by atoms with E-state index in [0.717, 1.165) is 32.9 Å². The van der Waals surface area contributed by atoms with Gasteiger partial charge in [-0.05, 0) is 47.9 Å². The minimum atomic E-state index is -0.959. The third kappa shape index (κ3) is 5.66. The van der Waals surface area contributed by atoms with E-state index in [-0.39, 0.29) is 10.2 Å². The van der Waals surface area contributed by atoms with E-state index in [4.69, 9.17) is 21.7 Å². The van der Waals surface area contributed by atoms with Gasteiger partial charge in [-0.1, -0.05) is 94.5 Å². The second-order valence-electron chi connectivity index (χ2n) is 7.79. The minimum absolute atomic E-state index is 0.290. The van der Waals surface area contributed by atoms with E-state index in [1.165, 1.54) is 12.0 Å². The maximum atomic E-state index is 13.5. The molecular weight excluding hydrogens is 546 g/mol. The molecule has 0 saturated carbocycles. The number of halogens is 1. The monoisotopic (exact) mass is 567 g/mol. The maximum absolute atomic E-state index is 13.5. The number of carbonyl (C=O) groups excluding carboxylic acids is 2. The number of esters is 1. The van der Waals surface area contributed by atoms with Crippen molar-refractivity contribution < 1.29 is 19.1 Å². The van der Waals surface area contributed by atoms with E-state index in [1.54, 1.807) is 30.3 Å². The summed E-state index contributed by atoms with van der Waals surface area (Å²) < 4.78 is 12.3. The molecule has 3 aromatic carbocycles. The van der Waals surface area contributed by atoms with Gasteiger partial charge < -0.3 is 9.47 Å². The molecule has 1 unspecified atom stereocenters. The Kier molecular flexibility index (Phi) is 8.05. The Labute approximate surface area is 222 Å². The highest BCUT2D eigenvalue weighted by atomic mass is 79.9. The van der Waals surface area contributed by atoms with Gasteiger partial charge in [0.25, 0.3) is 5.91 Å². The Morgan fingerprint density at radius 3 is 2.54 bits per heavy atom. The lowest BCUT2D eigenvalue weighted by Crippen LogP contribution is -2.37. The van der Waals surface area contributed by atoms with Gasteiger partial charge in [0.05, 0.1) is 12.0 Å². The fourth-order valence-corrected chi connectivity index (χ4v) is 5.36. The second-order valence-corrected chi connectivity index (χ2v) is 10.4. The zero-order valence-electron chi connectivity index (χ0n) is 19.1. The first-order chi connectivity index (χ1) is 16.9. The number of benzene rings is 3. The van der Waals surface area contributed by atoms with E-state index in [2.05, 4.69) is 15.9 Å². The molecule has 8 heteroatoms. The highest BCUT2D eigenvalue weighted by Gasteiger charge is 2.42. The van der Waals surface area contributed by atoms with Gasteiger partial charge in [-0.15, -0.1) is 0 Å². The van der Waals surface area contributed by atoms with Crippen molar-refractivity contribution in [2.45, 2.75) is 19.6 Å². The molecule has 1 fully saturated rings. The van der Waals surface area contributed by atoms with Crippen molar-refractivity contribution in [1.29, 1.82) is 0 Å². The van der Waals surface area contributed by atoms with E-state index in [0.29, 0.717) is 22.8 Å². The van der Waals surface area contributed by atoms with Gasteiger partial charge in [0.2, 0.25) is 0 Å². The molecule has 1 aliphatic heterocycles. The molecular formula is C27H22BrNO4S2. The Morgan fingerprint density at radius 1 is 1.11 bits per heavy atom. The van der Waals surface area contributed by atoms with Crippen LogP contribution < -0.4 is 4.74 Å². The van der Waals surface area contributed by atoms with Gasteiger partial charge in [0.15, 0.2) is 6.04 Å². The number of ether oxygens (including phenoxy) is 2. The fourth-order valence-electron chi connectivity index (χ4n) is 3.67. The zero-order valence-corrected chi connectivity index (χ0v) is 22.3. The van der Waals surface area contributed by atoms with E-state index < -0.39 is 12.0 Å². The summed E-state index contributed by atoms with van der Waals surface area (Å²) in [5, 5.41) is 0. The lowest BCUT2D eigenvalue weighted by molar-refractivity contribution is -0.148. The molecule has 5 nitrogen and oxygen atoms in total. The van der Waals surface area contributed by atoms with Crippen LogP contribution in [0.5, 0.6) is 5.75 Å². The predicted molar refractivity (Wildman–Crippen MR) is 146 cm³/mol. The summed E-state index contributed by atoms with van der Waals surface area (Å²) in [5.41, 5.74) is 3.57. The molecule has 1 amide bonds. The maximum Gasteiger partial charge on any atom is 0.333 e. The molecule has 1 atom stereocenters. The number of nitrogens with zero attached hydrogens (tertiary/aromatic N) is 1. The van der Waals surface area contributed by atoms with Crippen LogP contribution in [0.25, 0.3) is 6.08 Å². The first-order valence-electron chi connectivity index (χ1n) is 10.8. The SMILES string of the molecule is COC(=O)C(c1ccccc1)N1C(=O)/C(=C\c2cc(Br)ccc2OCc2ccccc2C)SC1=S. The molecule has 0 bridgehead atoms. The zero-order chi connectivity index (χ0) is 24.9. The molecule has 0 spiro atoms. The highest BCUT2D eigenvalue weighted by Crippen LogP contribution is 2.40. The summed E-state index contributed by atoms with van der Waals surface area (Å²) in [6, 6.07) is 21.7. The topological polar surface area (TPSA) is 55.8 Å². The normalized spacial score (nSPS) is 15.4. The smallest absolute Gasteiger partial charge is 0.333 e. The van der Waals surface area contributed by atoms with Gasteiger partial charge in [-0.25, -0.2) is 4.79 Å². The number of carbonyl (C=O) groups is 2. The average Bonchev–Trinajstić information content (AvgIpc) is 3.13. The lowest BCUT2D eigenvalue weighted by atomic mass is 10.1. The van der Waals surface area contributed by atoms with Crippen LogP contribution in [0.1, 0.15) is 28.3 Å². The quantitative estimate of drug-likeness (QED) is 0.186. The molecule has 178 valence electrons. The summed E-state index contributed by atoms with van der Waals surface area (Å²) in [6.07, 6.45) is 1.75. The van der Waals surface area contributed by atoms with Crippen LogP contribution in [0, 0.1) is 6.92 Å². The van der Waals surface area contributed by atoms with Crippen molar-refractivity contribution in [1.82, 2.24) is 4.90 Å². The summed E-state index contributed by atoms with van der Waals surface area (Å²) in [7, 11) is 1.30. The molecule has 0 aliphatic carbocycles. The lowest BCUT2D eigenvalue weighted by Gasteiger charge is -2.24. The minimum Gasteiger partial charge on any atom is -0.488 e. The summed E-state index contributed by atoms with van der Waals surface area (Å²) in [4.78, 5) is 27.9. The molecule has 35 heavy (non-hydrogen) atoms. The van der Waals surface area contributed by atoms with Crippen LogP contribution in [0.4, 0.5) is 0 Å². The van der Waals surface area contributed by atoms with Gasteiger partial charge >= 0.3 is 5.97 Å². The standard InChI is InChI=1S/C27H22BrNO4S2/c1-17-8-6-7-11-19(17)16-33-22-13-12-21(28)14-20(22)15-23-25(30)29(27(34)35-23)24(26(31)32-2)18-9-4-3-5-10-18/h3-15,24H,16H2,1-2H3/b23-15+.